The molecule has 0 saturated carbocycles. The lowest BCUT2D eigenvalue weighted by Gasteiger charge is -2.38. The molecule has 1 saturated heterocycles. The first-order valence-electron chi connectivity index (χ1n) is 6.37. The van der Waals surface area contributed by atoms with Crippen LogP contribution in [0.2, 0.25) is 0 Å². The van der Waals surface area contributed by atoms with E-state index in [4.69, 9.17) is 4.74 Å². The Morgan fingerprint density at radius 3 is 2.63 bits per heavy atom. The summed E-state index contributed by atoms with van der Waals surface area (Å²) in [6.45, 7) is 6.30. The molecule has 6 nitrogen and oxygen atoms in total. The van der Waals surface area contributed by atoms with Crippen molar-refractivity contribution in [2.24, 2.45) is 0 Å². The van der Waals surface area contributed by atoms with E-state index in [0.717, 1.165) is 12.8 Å². The van der Waals surface area contributed by atoms with E-state index in [-0.39, 0.29) is 0 Å². The lowest BCUT2D eigenvalue weighted by atomic mass is 9.96. The molecule has 0 bridgehead atoms. The lowest BCUT2D eigenvalue weighted by Crippen LogP contribution is -2.49. The van der Waals surface area contributed by atoms with Crippen molar-refractivity contribution in [3.63, 3.8) is 0 Å². The van der Waals surface area contributed by atoms with Gasteiger partial charge in [-0.15, -0.1) is 0 Å². The molecule has 19 heavy (non-hydrogen) atoms. The number of aryl methyl sites for hydroxylation is 2. The van der Waals surface area contributed by atoms with E-state index in [1.165, 1.54) is 4.31 Å². The van der Waals surface area contributed by atoms with E-state index >= 15 is 0 Å². The minimum atomic E-state index is -3.50. The Kier molecular flexibility index (Phi) is 3.72. The van der Waals surface area contributed by atoms with Crippen LogP contribution in [0.5, 0.6) is 0 Å². The molecule has 1 aliphatic heterocycles. The highest BCUT2D eigenvalue weighted by molar-refractivity contribution is 7.89. The molecule has 1 fully saturated rings. The van der Waals surface area contributed by atoms with Gasteiger partial charge in [-0.3, -0.25) is 5.10 Å². The maximum atomic E-state index is 12.7. The van der Waals surface area contributed by atoms with E-state index in [1.54, 1.807) is 21.0 Å². The summed E-state index contributed by atoms with van der Waals surface area (Å²) >= 11 is 0. The van der Waals surface area contributed by atoms with Crippen LogP contribution in [0.25, 0.3) is 0 Å². The van der Waals surface area contributed by atoms with Crippen LogP contribution in [0.3, 0.4) is 0 Å². The maximum Gasteiger partial charge on any atom is 0.246 e. The number of methoxy groups -OCH3 is 1. The fraction of sp³-hybridized carbons (Fsp3) is 0.750. The van der Waals surface area contributed by atoms with Crippen molar-refractivity contribution >= 4 is 10.0 Å². The summed E-state index contributed by atoms with van der Waals surface area (Å²) < 4.78 is 32.4. The number of aromatic nitrogens is 2. The molecule has 1 atom stereocenters. The molecule has 0 spiro atoms. The van der Waals surface area contributed by atoms with E-state index in [2.05, 4.69) is 10.2 Å². The van der Waals surface area contributed by atoms with Gasteiger partial charge in [-0.1, -0.05) is 0 Å². The second-order valence-electron chi connectivity index (χ2n) is 5.36. The summed E-state index contributed by atoms with van der Waals surface area (Å²) in [4.78, 5) is 0.299. The van der Waals surface area contributed by atoms with Gasteiger partial charge in [0, 0.05) is 20.2 Å². The number of H-pyrrole nitrogens is 1. The predicted octanol–water partition coefficient (Wildman–Crippen LogP) is 1.22. The van der Waals surface area contributed by atoms with Crippen molar-refractivity contribution in [3.8, 4) is 0 Å². The van der Waals surface area contributed by atoms with E-state index in [0.29, 0.717) is 29.4 Å². The zero-order valence-electron chi connectivity index (χ0n) is 11.9. The quantitative estimate of drug-likeness (QED) is 0.907. The number of ether oxygens (including phenoxy) is 1. The fourth-order valence-electron chi connectivity index (χ4n) is 2.58. The molecule has 1 N–H and O–H groups in total. The van der Waals surface area contributed by atoms with Crippen molar-refractivity contribution in [1.82, 2.24) is 14.5 Å². The molecule has 0 radical (unpaired) electrons. The molecule has 0 aromatic carbocycles. The van der Waals surface area contributed by atoms with Crippen LogP contribution in [0.15, 0.2) is 4.90 Å². The predicted molar refractivity (Wildman–Crippen MR) is 71.5 cm³/mol. The van der Waals surface area contributed by atoms with Gasteiger partial charge in [0.2, 0.25) is 10.0 Å². The van der Waals surface area contributed by atoms with Gasteiger partial charge in [0.1, 0.15) is 4.90 Å². The molecular weight excluding hydrogens is 266 g/mol. The second-order valence-corrected chi connectivity index (χ2v) is 7.23. The normalized spacial score (nSPS) is 25.7. The summed E-state index contributed by atoms with van der Waals surface area (Å²) in [6, 6.07) is 0. The van der Waals surface area contributed by atoms with Crippen molar-refractivity contribution in [1.29, 1.82) is 0 Å². The smallest absolute Gasteiger partial charge is 0.246 e. The standard InChI is InChI=1S/C12H21N3O3S/c1-9-11(10(2)14-13-9)19(16,17)15-7-5-6-12(3,8-15)18-4/h5-8H2,1-4H3,(H,13,14). The third kappa shape index (κ3) is 2.54. The van der Waals surface area contributed by atoms with Crippen LogP contribution < -0.4 is 0 Å². The minimum absolute atomic E-state index is 0.299. The monoisotopic (exact) mass is 287 g/mol. The molecule has 2 rings (SSSR count). The van der Waals surface area contributed by atoms with Crippen LogP contribution in [-0.4, -0.2) is 48.7 Å². The average Bonchev–Trinajstić information content (AvgIpc) is 2.69. The molecule has 1 aromatic heterocycles. The third-order valence-electron chi connectivity index (χ3n) is 3.78. The second kappa shape index (κ2) is 4.88. The Labute approximate surface area is 114 Å². The number of nitrogens with one attached hydrogen (secondary N) is 1. The summed E-state index contributed by atoms with van der Waals surface area (Å²) in [5.74, 6) is 0. The van der Waals surface area contributed by atoms with Crippen LogP contribution in [0, 0.1) is 13.8 Å². The Morgan fingerprint density at radius 2 is 2.11 bits per heavy atom. The van der Waals surface area contributed by atoms with Gasteiger partial charge < -0.3 is 4.74 Å². The summed E-state index contributed by atoms with van der Waals surface area (Å²) in [6.07, 6.45) is 1.68. The van der Waals surface area contributed by atoms with Gasteiger partial charge in [-0.25, -0.2) is 8.42 Å². The van der Waals surface area contributed by atoms with Gasteiger partial charge in [0.15, 0.2) is 0 Å². The number of hydrogen-bond donors (Lipinski definition) is 1. The van der Waals surface area contributed by atoms with Gasteiger partial charge in [0.25, 0.3) is 0 Å². The van der Waals surface area contributed by atoms with Crippen molar-refractivity contribution in [2.75, 3.05) is 20.2 Å². The largest absolute Gasteiger partial charge is 0.377 e. The highest BCUT2D eigenvalue weighted by Crippen LogP contribution is 2.29. The average molecular weight is 287 g/mol. The first-order chi connectivity index (χ1) is 8.80. The molecule has 2 heterocycles. The molecule has 0 aliphatic carbocycles. The number of nitrogens with zero attached hydrogens (tertiary/aromatic N) is 2. The number of rotatable bonds is 3. The Bertz CT molecular complexity index is 547. The number of aromatic amines is 1. The first kappa shape index (κ1) is 14.5. The molecule has 108 valence electrons. The van der Waals surface area contributed by atoms with Crippen molar-refractivity contribution in [2.45, 2.75) is 44.1 Å². The zero-order chi connectivity index (χ0) is 14.3. The van der Waals surface area contributed by atoms with Gasteiger partial charge in [-0.05, 0) is 33.6 Å². The van der Waals surface area contributed by atoms with Crippen LogP contribution in [0.4, 0.5) is 0 Å². The number of sulfonamides is 1. The van der Waals surface area contributed by atoms with Crippen LogP contribution >= 0.6 is 0 Å². The van der Waals surface area contributed by atoms with E-state index in [9.17, 15) is 8.42 Å². The third-order valence-corrected chi connectivity index (χ3v) is 5.88. The van der Waals surface area contributed by atoms with E-state index < -0.39 is 15.6 Å². The molecular formula is C12H21N3O3S. The van der Waals surface area contributed by atoms with E-state index in [1.807, 2.05) is 6.92 Å². The first-order valence-corrected chi connectivity index (χ1v) is 7.81. The molecule has 1 unspecified atom stereocenters. The van der Waals surface area contributed by atoms with Crippen LogP contribution in [-0.2, 0) is 14.8 Å². The van der Waals surface area contributed by atoms with Crippen molar-refractivity contribution in [3.05, 3.63) is 11.4 Å². The maximum absolute atomic E-state index is 12.7. The van der Waals surface area contributed by atoms with Gasteiger partial charge in [0.05, 0.1) is 17.0 Å². The van der Waals surface area contributed by atoms with Crippen LogP contribution in [0.1, 0.15) is 31.2 Å². The Hall–Kier alpha value is -0.920. The molecule has 1 aromatic rings. The topological polar surface area (TPSA) is 75.3 Å². The van der Waals surface area contributed by atoms with Gasteiger partial charge >= 0.3 is 0 Å². The van der Waals surface area contributed by atoms with Crippen molar-refractivity contribution < 1.29 is 13.2 Å². The minimum Gasteiger partial charge on any atom is -0.377 e. The summed E-state index contributed by atoms with van der Waals surface area (Å²) in [5.41, 5.74) is 0.695. The molecule has 1 aliphatic rings. The number of piperidine rings is 1. The summed E-state index contributed by atoms with van der Waals surface area (Å²) in [5, 5.41) is 6.70. The molecule has 7 heteroatoms. The summed E-state index contributed by atoms with van der Waals surface area (Å²) in [7, 11) is -1.87. The lowest BCUT2D eigenvalue weighted by molar-refractivity contribution is -0.0319. The fourth-order valence-corrected chi connectivity index (χ4v) is 4.50. The SMILES string of the molecule is COC1(C)CCCN(S(=O)(=O)c2c(C)n[nH]c2C)C1. The highest BCUT2D eigenvalue weighted by Gasteiger charge is 2.38. The zero-order valence-corrected chi connectivity index (χ0v) is 12.7. The highest BCUT2D eigenvalue weighted by atomic mass is 32.2. The number of hydrogen-bond acceptors (Lipinski definition) is 4. The van der Waals surface area contributed by atoms with Gasteiger partial charge in [-0.2, -0.15) is 9.40 Å². The Morgan fingerprint density at radius 1 is 1.42 bits per heavy atom. The molecule has 0 amide bonds. The Balaban J connectivity index is 2.35.